The first-order chi connectivity index (χ1) is 4.74. The average Bonchev–Trinajstić information content (AvgIpc) is 1.99. The van der Waals surface area contributed by atoms with Crippen LogP contribution in [0, 0.1) is 5.92 Å². The van der Waals surface area contributed by atoms with E-state index >= 15 is 0 Å². The molecule has 0 heterocycles. The fourth-order valence-corrected chi connectivity index (χ4v) is 0.995. The van der Waals surface area contributed by atoms with E-state index in [9.17, 15) is 0 Å². The molecule has 0 aliphatic rings. The largest absolute Gasteiger partial charge is 0.327 e. The second kappa shape index (κ2) is 5.48. The molecule has 0 amide bonds. The van der Waals surface area contributed by atoms with Crippen LogP contribution in [-0.4, -0.2) is 6.54 Å². The van der Waals surface area contributed by atoms with Crippen molar-refractivity contribution in [2.75, 3.05) is 6.54 Å². The van der Waals surface area contributed by atoms with Crippen molar-refractivity contribution in [3.63, 3.8) is 0 Å². The maximum Gasteiger partial charge on any atom is 0.0134 e. The van der Waals surface area contributed by atoms with E-state index in [0.29, 0.717) is 6.54 Å². The van der Waals surface area contributed by atoms with Gasteiger partial charge in [-0.3, -0.25) is 0 Å². The molecule has 0 aromatic rings. The molecule has 0 aliphatic carbocycles. The Bertz CT molecular complexity index is 101. The molecule has 0 spiro atoms. The molecular weight excluding hydrogens is 122 g/mol. The van der Waals surface area contributed by atoms with Gasteiger partial charge in [0.1, 0.15) is 0 Å². The number of hydrogen-bond acceptors (Lipinski definition) is 1. The minimum absolute atomic E-state index is 0.705. The molecule has 1 nitrogen and oxygen atoms in total. The first kappa shape index (κ1) is 9.70. The fourth-order valence-electron chi connectivity index (χ4n) is 0.995. The second-order valence-electron chi connectivity index (χ2n) is 2.79. The van der Waals surface area contributed by atoms with Gasteiger partial charge in [-0.25, -0.2) is 0 Å². The summed E-state index contributed by atoms with van der Waals surface area (Å²) in [5.74, 6) is 0.739. The topological polar surface area (TPSA) is 26.0 Å². The van der Waals surface area contributed by atoms with Crippen molar-refractivity contribution in [2.45, 2.75) is 33.6 Å². The Labute approximate surface area is 64.3 Å². The van der Waals surface area contributed by atoms with E-state index < -0.39 is 0 Å². The highest BCUT2D eigenvalue weighted by molar-refractivity contribution is 5.01. The highest BCUT2D eigenvalue weighted by Gasteiger charge is 1.97. The normalized spacial score (nSPS) is 12.7. The highest BCUT2D eigenvalue weighted by Crippen LogP contribution is 2.10. The lowest BCUT2D eigenvalue weighted by Crippen LogP contribution is -2.02. The Kier molecular flexibility index (Phi) is 5.32. The lowest BCUT2D eigenvalue weighted by atomic mass is 10.0. The Morgan fingerprint density at radius 3 is 2.20 bits per heavy atom. The van der Waals surface area contributed by atoms with E-state index in [4.69, 9.17) is 5.73 Å². The molecule has 0 bridgehead atoms. The monoisotopic (exact) mass is 141 g/mol. The Morgan fingerprint density at radius 1 is 1.40 bits per heavy atom. The van der Waals surface area contributed by atoms with Crippen molar-refractivity contribution in [3.8, 4) is 0 Å². The number of hydrogen-bond donors (Lipinski definition) is 1. The van der Waals surface area contributed by atoms with Crippen LogP contribution in [0.2, 0.25) is 0 Å². The van der Waals surface area contributed by atoms with Gasteiger partial charge in [-0.1, -0.05) is 25.5 Å². The fraction of sp³-hybridized carbons (Fsp3) is 0.778. The number of nitrogens with two attached hydrogens (primary N) is 1. The van der Waals surface area contributed by atoms with Crippen molar-refractivity contribution in [3.05, 3.63) is 11.6 Å². The summed E-state index contributed by atoms with van der Waals surface area (Å²) in [6.07, 6.45) is 4.75. The molecule has 2 N–H and O–H groups in total. The Morgan fingerprint density at radius 2 is 1.90 bits per heavy atom. The van der Waals surface area contributed by atoms with Crippen molar-refractivity contribution in [2.24, 2.45) is 11.7 Å². The first-order valence-electron chi connectivity index (χ1n) is 4.11. The van der Waals surface area contributed by atoms with Crippen LogP contribution in [0.25, 0.3) is 0 Å². The van der Waals surface area contributed by atoms with Crippen LogP contribution in [0.1, 0.15) is 33.6 Å². The van der Waals surface area contributed by atoms with Gasteiger partial charge < -0.3 is 5.73 Å². The minimum atomic E-state index is 0.705. The van der Waals surface area contributed by atoms with Gasteiger partial charge in [0.25, 0.3) is 0 Å². The molecular formula is C9H19N. The van der Waals surface area contributed by atoms with E-state index in [0.717, 1.165) is 5.92 Å². The summed E-state index contributed by atoms with van der Waals surface area (Å²) in [7, 11) is 0. The zero-order valence-electron chi connectivity index (χ0n) is 7.35. The molecule has 0 rings (SSSR count). The molecule has 0 aromatic carbocycles. The van der Waals surface area contributed by atoms with Gasteiger partial charge in [0.2, 0.25) is 0 Å². The lowest BCUT2D eigenvalue weighted by Gasteiger charge is -2.06. The third kappa shape index (κ3) is 3.67. The summed E-state index contributed by atoms with van der Waals surface area (Å²) in [6, 6.07) is 0. The van der Waals surface area contributed by atoms with Crippen LogP contribution in [-0.2, 0) is 0 Å². The van der Waals surface area contributed by atoms with E-state index in [2.05, 4.69) is 26.8 Å². The SMILES string of the molecule is CCC(C=C(C)CN)CC. The van der Waals surface area contributed by atoms with Crippen molar-refractivity contribution in [1.82, 2.24) is 0 Å². The molecule has 0 atom stereocenters. The molecule has 0 unspecified atom stereocenters. The summed E-state index contributed by atoms with van der Waals surface area (Å²) in [4.78, 5) is 0. The quantitative estimate of drug-likeness (QED) is 0.597. The molecule has 0 fully saturated rings. The van der Waals surface area contributed by atoms with Crippen LogP contribution in [0.3, 0.4) is 0 Å². The average molecular weight is 141 g/mol. The first-order valence-corrected chi connectivity index (χ1v) is 4.11. The van der Waals surface area contributed by atoms with Gasteiger partial charge in [-0.05, 0) is 25.7 Å². The van der Waals surface area contributed by atoms with Crippen molar-refractivity contribution < 1.29 is 0 Å². The number of rotatable bonds is 4. The molecule has 0 aromatic heterocycles. The standard InChI is InChI=1S/C9H19N/c1-4-9(5-2)6-8(3)7-10/h6,9H,4-5,7,10H2,1-3H3. The zero-order chi connectivity index (χ0) is 7.98. The Hall–Kier alpha value is -0.300. The van der Waals surface area contributed by atoms with Gasteiger partial charge >= 0.3 is 0 Å². The maximum atomic E-state index is 5.46. The molecule has 0 saturated carbocycles. The van der Waals surface area contributed by atoms with Gasteiger partial charge in [0, 0.05) is 6.54 Å². The van der Waals surface area contributed by atoms with E-state index in [1.165, 1.54) is 18.4 Å². The molecule has 1 heteroatoms. The summed E-state index contributed by atoms with van der Waals surface area (Å²) >= 11 is 0. The summed E-state index contributed by atoms with van der Waals surface area (Å²) in [5, 5.41) is 0. The van der Waals surface area contributed by atoms with Gasteiger partial charge in [0.15, 0.2) is 0 Å². The van der Waals surface area contributed by atoms with Gasteiger partial charge in [0.05, 0.1) is 0 Å². The third-order valence-electron chi connectivity index (χ3n) is 1.89. The van der Waals surface area contributed by atoms with Crippen LogP contribution in [0.15, 0.2) is 11.6 Å². The molecule has 60 valence electrons. The van der Waals surface area contributed by atoms with E-state index in [1.807, 2.05) is 0 Å². The van der Waals surface area contributed by atoms with E-state index in [-0.39, 0.29) is 0 Å². The zero-order valence-corrected chi connectivity index (χ0v) is 7.35. The van der Waals surface area contributed by atoms with Crippen LogP contribution < -0.4 is 5.73 Å². The van der Waals surface area contributed by atoms with Gasteiger partial charge in [-0.15, -0.1) is 0 Å². The molecule has 10 heavy (non-hydrogen) atoms. The Balaban J connectivity index is 3.80. The van der Waals surface area contributed by atoms with Crippen molar-refractivity contribution in [1.29, 1.82) is 0 Å². The van der Waals surface area contributed by atoms with Crippen LogP contribution in [0.4, 0.5) is 0 Å². The molecule has 0 aliphatic heterocycles. The summed E-state index contributed by atoms with van der Waals surface area (Å²) in [6.45, 7) is 7.23. The minimum Gasteiger partial charge on any atom is -0.327 e. The predicted octanol–water partition coefficient (Wildman–Crippen LogP) is 2.33. The van der Waals surface area contributed by atoms with Crippen molar-refractivity contribution >= 4 is 0 Å². The molecule has 0 radical (unpaired) electrons. The highest BCUT2D eigenvalue weighted by atomic mass is 14.5. The molecule has 0 saturated heterocycles. The summed E-state index contributed by atoms with van der Waals surface area (Å²) < 4.78 is 0. The maximum absolute atomic E-state index is 5.46. The van der Waals surface area contributed by atoms with E-state index in [1.54, 1.807) is 0 Å². The lowest BCUT2D eigenvalue weighted by molar-refractivity contribution is 0.601. The predicted molar refractivity (Wildman–Crippen MR) is 46.9 cm³/mol. The van der Waals surface area contributed by atoms with Gasteiger partial charge in [-0.2, -0.15) is 0 Å². The second-order valence-corrected chi connectivity index (χ2v) is 2.79. The van der Waals surface area contributed by atoms with Crippen LogP contribution in [0.5, 0.6) is 0 Å². The smallest absolute Gasteiger partial charge is 0.0134 e. The number of allylic oxidation sites excluding steroid dienone is 1. The third-order valence-corrected chi connectivity index (χ3v) is 1.89. The summed E-state index contributed by atoms with van der Waals surface area (Å²) in [5.41, 5.74) is 6.78. The van der Waals surface area contributed by atoms with Crippen LogP contribution >= 0.6 is 0 Å².